The van der Waals surface area contributed by atoms with Crippen LogP contribution < -0.4 is 0 Å². The Balaban J connectivity index is 2.34. The molecule has 0 atom stereocenters. The molecule has 0 aliphatic carbocycles. The topological polar surface area (TPSA) is 42.9 Å². The second-order valence-electron chi connectivity index (χ2n) is 2.38. The van der Waals surface area contributed by atoms with Crippen molar-refractivity contribution in [2.75, 3.05) is 0 Å². The number of hydrogen-bond donors (Lipinski definition) is 0. The van der Waals surface area contributed by atoms with Crippen LogP contribution in [0.5, 0.6) is 0 Å². The number of carbonyl (C=O) groups is 1. The van der Waals surface area contributed by atoms with E-state index >= 15 is 0 Å². The SMILES string of the molecule is O=C(c1ncccn1)c1cccs1. The van der Waals surface area contributed by atoms with Crippen molar-refractivity contribution in [1.82, 2.24) is 9.97 Å². The van der Waals surface area contributed by atoms with Crippen molar-refractivity contribution in [1.29, 1.82) is 0 Å². The number of hydrogen-bond acceptors (Lipinski definition) is 4. The second kappa shape index (κ2) is 3.45. The Morgan fingerprint density at radius 2 is 2.00 bits per heavy atom. The zero-order chi connectivity index (χ0) is 9.10. The summed E-state index contributed by atoms with van der Waals surface area (Å²) in [5.74, 6) is 0.139. The molecule has 0 saturated heterocycles. The molecule has 0 aliphatic heterocycles. The van der Waals surface area contributed by atoms with Crippen molar-refractivity contribution in [2.45, 2.75) is 0 Å². The van der Waals surface area contributed by atoms with Crippen molar-refractivity contribution in [3.63, 3.8) is 0 Å². The second-order valence-corrected chi connectivity index (χ2v) is 3.33. The highest BCUT2D eigenvalue weighted by molar-refractivity contribution is 7.12. The Morgan fingerprint density at radius 3 is 2.62 bits per heavy atom. The Hall–Kier alpha value is -1.55. The highest BCUT2D eigenvalue weighted by Crippen LogP contribution is 2.11. The molecule has 0 fully saturated rings. The quantitative estimate of drug-likeness (QED) is 0.678. The maximum Gasteiger partial charge on any atom is 0.240 e. The Labute approximate surface area is 79.1 Å². The maximum atomic E-state index is 11.6. The minimum atomic E-state index is -0.115. The van der Waals surface area contributed by atoms with Crippen molar-refractivity contribution in [2.24, 2.45) is 0 Å². The molecule has 0 saturated carbocycles. The van der Waals surface area contributed by atoms with Gasteiger partial charge in [0.25, 0.3) is 0 Å². The molecule has 0 bridgehead atoms. The number of nitrogens with zero attached hydrogens (tertiary/aromatic N) is 2. The molecular weight excluding hydrogens is 184 g/mol. The maximum absolute atomic E-state index is 11.6. The van der Waals surface area contributed by atoms with Gasteiger partial charge in [-0.25, -0.2) is 9.97 Å². The van der Waals surface area contributed by atoms with Gasteiger partial charge in [0.15, 0.2) is 0 Å². The number of thiophene rings is 1. The molecule has 0 aliphatic rings. The van der Waals surface area contributed by atoms with E-state index in [1.54, 1.807) is 24.5 Å². The van der Waals surface area contributed by atoms with Crippen molar-refractivity contribution >= 4 is 17.1 Å². The number of ketones is 1. The number of aromatic nitrogens is 2. The zero-order valence-electron chi connectivity index (χ0n) is 6.68. The van der Waals surface area contributed by atoms with Crippen LogP contribution in [0.4, 0.5) is 0 Å². The van der Waals surface area contributed by atoms with Gasteiger partial charge in [-0.1, -0.05) is 6.07 Å². The molecule has 0 aromatic carbocycles. The van der Waals surface area contributed by atoms with E-state index in [1.807, 2.05) is 11.4 Å². The minimum absolute atomic E-state index is 0.115. The fraction of sp³-hybridized carbons (Fsp3) is 0. The first kappa shape index (κ1) is 8.07. The number of rotatable bonds is 2. The third-order valence-corrected chi connectivity index (χ3v) is 2.38. The lowest BCUT2D eigenvalue weighted by atomic mass is 10.3. The summed E-state index contributed by atoms with van der Waals surface area (Å²) in [4.78, 5) is 20.0. The van der Waals surface area contributed by atoms with Crippen molar-refractivity contribution < 1.29 is 4.79 Å². The molecule has 0 N–H and O–H groups in total. The Morgan fingerprint density at radius 1 is 1.23 bits per heavy atom. The van der Waals surface area contributed by atoms with Crippen LogP contribution in [-0.4, -0.2) is 15.8 Å². The van der Waals surface area contributed by atoms with Gasteiger partial charge in [-0.3, -0.25) is 4.79 Å². The first-order valence-electron chi connectivity index (χ1n) is 3.73. The van der Waals surface area contributed by atoms with E-state index in [4.69, 9.17) is 0 Å². The standard InChI is InChI=1S/C9H6N2OS/c12-8(7-3-1-6-13-7)9-10-4-2-5-11-9/h1-6H. The van der Waals surface area contributed by atoms with Crippen LogP contribution in [0.2, 0.25) is 0 Å². The molecule has 2 aromatic heterocycles. The van der Waals surface area contributed by atoms with Crippen LogP contribution in [0.15, 0.2) is 36.0 Å². The van der Waals surface area contributed by atoms with Crippen molar-refractivity contribution in [3.8, 4) is 0 Å². The van der Waals surface area contributed by atoms with E-state index in [-0.39, 0.29) is 11.6 Å². The molecule has 4 heteroatoms. The summed E-state index contributed by atoms with van der Waals surface area (Å²) in [6.07, 6.45) is 3.13. The summed E-state index contributed by atoms with van der Waals surface area (Å²) in [6, 6.07) is 5.29. The number of carbonyl (C=O) groups excluding carboxylic acids is 1. The predicted octanol–water partition coefficient (Wildman–Crippen LogP) is 1.77. The van der Waals surface area contributed by atoms with Crippen LogP contribution in [0.1, 0.15) is 15.5 Å². The Bertz CT molecular complexity index is 397. The lowest BCUT2D eigenvalue weighted by molar-refractivity contribution is 0.103. The summed E-state index contributed by atoms with van der Waals surface area (Å²) < 4.78 is 0. The fourth-order valence-corrected chi connectivity index (χ4v) is 1.59. The fourth-order valence-electron chi connectivity index (χ4n) is 0.934. The third kappa shape index (κ3) is 1.62. The molecule has 2 rings (SSSR count). The molecule has 2 aromatic rings. The summed E-state index contributed by atoms with van der Waals surface area (Å²) in [6.45, 7) is 0. The smallest absolute Gasteiger partial charge is 0.240 e. The molecule has 2 heterocycles. The average Bonchev–Trinajstić information content (AvgIpc) is 2.71. The van der Waals surface area contributed by atoms with Gasteiger partial charge in [0, 0.05) is 12.4 Å². The molecule has 13 heavy (non-hydrogen) atoms. The van der Waals surface area contributed by atoms with Crippen LogP contribution in [0, 0.1) is 0 Å². The molecule has 64 valence electrons. The van der Waals surface area contributed by atoms with Gasteiger partial charge in [-0.15, -0.1) is 11.3 Å². The molecule has 0 unspecified atom stereocenters. The monoisotopic (exact) mass is 190 g/mol. The third-order valence-electron chi connectivity index (χ3n) is 1.51. The van der Waals surface area contributed by atoms with Gasteiger partial charge in [0.1, 0.15) is 0 Å². The highest BCUT2D eigenvalue weighted by atomic mass is 32.1. The van der Waals surface area contributed by atoms with Crippen LogP contribution in [0.25, 0.3) is 0 Å². The first-order valence-corrected chi connectivity index (χ1v) is 4.61. The first-order chi connectivity index (χ1) is 6.38. The van der Waals surface area contributed by atoms with Gasteiger partial charge in [-0.2, -0.15) is 0 Å². The minimum Gasteiger partial charge on any atom is -0.284 e. The van der Waals surface area contributed by atoms with E-state index in [9.17, 15) is 4.79 Å². The zero-order valence-corrected chi connectivity index (χ0v) is 7.49. The highest BCUT2D eigenvalue weighted by Gasteiger charge is 2.11. The molecule has 3 nitrogen and oxygen atoms in total. The lowest BCUT2D eigenvalue weighted by Crippen LogP contribution is -2.03. The Kier molecular flexibility index (Phi) is 2.14. The van der Waals surface area contributed by atoms with Crippen LogP contribution in [-0.2, 0) is 0 Å². The van der Waals surface area contributed by atoms with E-state index in [0.717, 1.165) is 0 Å². The molecule has 0 spiro atoms. The largest absolute Gasteiger partial charge is 0.284 e. The van der Waals surface area contributed by atoms with E-state index in [0.29, 0.717) is 4.88 Å². The predicted molar refractivity (Wildman–Crippen MR) is 49.8 cm³/mol. The summed E-state index contributed by atoms with van der Waals surface area (Å²) in [7, 11) is 0. The van der Waals surface area contributed by atoms with Crippen LogP contribution >= 0.6 is 11.3 Å². The van der Waals surface area contributed by atoms with Crippen LogP contribution in [0.3, 0.4) is 0 Å². The van der Waals surface area contributed by atoms with E-state index < -0.39 is 0 Å². The van der Waals surface area contributed by atoms with Crippen molar-refractivity contribution in [3.05, 3.63) is 46.7 Å². The summed E-state index contributed by atoms with van der Waals surface area (Å²) >= 11 is 1.40. The summed E-state index contributed by atoms with van der Waals surface area (Å²) in [5, 5.41) is 1.86. The molecule has 0 amide bonds. The van der Waals surface area contributed by atoms with Gasteiger partial charge >= 0.3 is 0 Å². The van der Waals surface area contributed by atoms with E-state index in [1.165, 1.54) is 11.3 Å². The van der Waals surface area contributed by atoms with E-state index in [2.05, 4.69) is 9.97 Å². The van der Waals surface area contributed by atoms with Gasteiger partial charge < -0.3 is 0 Å². The lowest BCUT2D eigenvalue weighted by Gasteiger charge is -1.93. The average molecular weight is 190 g/mol. The summed E-state index contributed by atoms with van der Waals surface area (Å²) in [5.41, 5.74) is 0. The molecule has 0 radical (unpaired) electrons. The van der Waals surface area contributed by atoms with Gasteiger partial charge in [0.2, 0.25) is 11.6 Å². The molecular formula is C9H6N2OS. The van der Waals surface area contributed by atoms with Gasteiger partial charge in [0.05, 0.1) is 4.88 Å². The van der Waals surface area contributed by atoms with Gasteiger partial charge in [-0.05, 0) is 17.5 Å². The normalized spacial score (nSPS) is 9.85.